The predicted octanol–water partition coefficient (Wildman–Crippen LogP) is 2.24. The SMILES string of the molecule is CC(N)c1cc2cc[nH]c2c(Cl)n1. The van der Waals surface area contributed by atoms with E-state index in [9.17, 15) is 0 Å². The molecule has 2 rings (SSSR count). The van der Waals surface area contributed by atoms with Crippen molar-refractivity contribution in [3.63, 3.8) is 0 Å². The van der Waals surface area contributed by atoms with Gasteiger partial charge < -0.3 is 10.7 Å². The molecule has 0 aliphatic rings. The Balaban J connectivity index is 2.70. The number of aromatic nitrogens is 2. The Morgan fingerprint density at radius 3 is 3.08 bits per heavy atom. The third-order valence-electron chi connectivity index (χ3n) is 1.98. The minimum atomic E-state index is -0.0863. The largest absolute Gasteiger partial charge is 0.359 e. The van der Waals surface area contributed by atoms with E-state index >= 15 is 0 Å². The number of nitrogens with one attached hydrogen (secondary N) is 1. The van der Waals surface area contributed by atoms with Gasteiger partial charge in [-0.2, -0.15) is 0 Å². The molecule has 3 N–H and O–H groups in total. The molecule has 1 atom stereocenters. The maximum absolute atomic E-state index is 5.95. The van der Waals surface area contributed by atoms with Gasteiger partial charge in [-0.05, 0) is 19.1 Å². The van der Waals surface area contributed by atoms with Crippen LogP contribution in [-0.2, 0) is 0 Å². The highest BCUT2D eigenvalue weighted by Gasteiger charge is 2.07. The Bertz CT molecular complexity index is 433. The zero-order chi connectivity index (χ0) is 9.42. The molecule has 1 unspecified atom stereocenters. The number of hydrogen-bond donors (Lipinski definition) is 2. The second-order valence-corrected chi connectivity index (χ2v) is 3.43. The first-order valence-electron chi connectivity index (χ1n) is 4.07. The van der Waals surface area contributed by atoms with E-state index in [-0.39, 0.29) is 6.04 Å². The lowest BCUT2D eigenvalue weighted by Crippen LogP contribution is -2.07. The van der Waals surface area contributed by atoms with Crippen LogP contribution in [-0.4, -0.2) is 9.97 Å². The van der Waals surface area contributed by atoms with Gasteiger partial charge in [0.1, 0.15) is 0 Å². The van der Waals surface area contributed by atoms with Crippen molar-refractivity contribution in [1.82, 2.24) is 9.97 Å². The molecule has 2 heterocycles. The van der Waals surface area contributed by atoms with Crippen LogP contribution in [0.3, 0.4) is 0 Å². The van der Waals surface area contributed by atoms with Gasteiger partial charge in [0.2, 0.25) is 0 Å². The fraction of sp³-hybridized carbons (Fsp3) is 0.222. The van der Waals surface area contributed by atoms with Crippen LogP contribution in [0.1, 0.15) is 18.7 Å². The number of fused-ring (bicyclic) bond motifs is 1. The highest BCUT2D eigenvalue weighted by molar-refractivity contribution is 6.33. The van der Waals surface area contributed by atoms with Crippen LogP contribution in [0.15, 0.2) is 18.3 Å². The van der Waals surface area contributed by atoms with E-state index in [0.29, 0.717) is 5.15 Å². The lowest BCUT2D eigenvalue weighted by molar-refractivity contribution is 0.784. The molecule has 0 saturated carbocycles. The molecule has 0 aliphatic heterocycles. The molecule has 2 aromatic rings. The molecule has 3 nitrogen and oxygen atoms in total. The summed E-state index contributed by atoms with van der Waals surface area (Å²) in [6, 6.07) is 3.81. The predicted molar refractivity (Wildman–Crippen MR) is 53.7 cm³/mol. The Kier molecular flexibility index (Phi) is 1.98. The third kappa shape index (κ3) is 1.41. The molecule has 0 amide bonds. The van der Waals surface area contributed by atoms with Crippen molar-refractivity contribution in [2.24, 2.45) is 5.73 Å². The Labute approximate surface area is 80.9 Å². The molecule has 0 saturated heterocycles. The van der Waals surface area contributed by atoms with Crippen molar-refractivity contribution < 1.29 is 0 Å². The molecule has 4 heteroatoms. The number of pyridine rings is 1. The Hall–Kier alpha value is -1.06. The van der Waals surface area contributed by atoms with Crippen molar-refractivity contribution in [3.05, 3.63) is 29.2 Å². The zero-order valence-corrected chi connectivity index (χ0v) is 7.97. The summed E-state index contributed by atoms with van der Waals surface area (Å²) in [5.74, 6) is 0. The zero-order valence-electron chi connectivity index (χ0n) is 7.21. The first kappa shape index (κ1) is 8.53. The fourth-order valence-corrected chi connectivity index (χ4v) is 1.54. The lowest BCUT2D eigenvalue weighted by Gasteiger charge is -2.05. The summed E-state index contributed by atoms with van der Waals surface area (Å²) in [5, 5.41) is 1.53. The van der Waals surface area contributed by atoms with Crippen molar-refractivity contribution in [3.8, 4) is 0 Å². The van der Waals surface area contributed by atoms with E-state index < -0.39 is 0 Å². The van der Waals surface area contributed by atoms with Crippen molar-refractivity contribution in [2.75, 3.05) is 0 Å². The van der Waals surface area contributed by atoms with Crippen LogP contribution < -0.4 is 5.73 Å². The Morgan fingerprint density at radius 2 is 2.38 bits per heavy atom. The fourth-order valence-electron chi connectivity index (χ4n) is 1.27. The van der Waals surface area contributed by atoms with Gasteiger partial charge in [-0.3, -0.25) is 0 Å². The number of aromatic amines is 1. The Morgan fingerprint density at radius 1 is 1.62 bits per heavy atom. The minimum absolute atomic E-state index is 0.0863. The number of H-pyrrole nitrogens is 1. The van der Waals surface area contributed by atoms with E-state index in [2.05, 4.69) is 9.97 Å². The van der Waals surface area contributed by atoms with Gasteiger partial charge in [-0.15, -0.1) is 0 Å². The molecule has 0 fully saturated rings. The van der Waals surface area contributed by atoms with Gasteiger partial charge in [0, 0.05) is 17.6 Å². The maximum atomic E-state index is 5.95. The van der Waals surface area contributed by atoms with E-state index in [1.54, 1.807) is 0 Å². The van der Waals surface area contributed by atoms with Gasteiger partial charge in [0.25, 0.3) is 0 Å². The summed E-state index contributed by atoms with van der Waals surface area (Å²) in [6.07, 6.45) is 1.84. The van der Waals surface area contributed by atoms with Crippen molar-refractivity contribution >= 4 is 22.5 Å². The van der Waals surface area contributed by atoms with Crippen LogP contribution in [0.5, 0.6) is 0 Å². The third-order valence-corrected chi connectivity index (χ3v) is 2.26. The van der Waals surface area contributed by atoms with Crippen LogP contribution in [0.4, 0.5) is 0 Å². The summed E-state index contributed by atoms with van der Waals surface area (Å²) in [5.41, 5.74) is 7.39. The summed E-state index contributed by atoms with van der Waals surface area (Å²) in [6.45, 7) is 1.89. The quantitative estimate of drug-likeness (QED) is 0.686. The number of hydrogen-bond acceptors (Lipinski definition) is 2. The average Bonchev–Trinajstić information content (AvgIpc) is 2.51. The van der Waals surface area contributed by atoms with E-state index in [1.165, 1.54) is 0 Å². The molecule has 0 spiro atoms. The number of nitrogens with two attached hydrogens (primary N) is 1. The maximum Gasteiger partial charge on any atom is 0.153 e. The molecule has 0 bridgehead atoms. The van der Waals surface area contributed by atoms with E-state index in [1.807, 2.05) is 25.3 Å². The topological polar surface area (TPSA) is 54.7 Å². The number of nitrogens with zero attached hydrogens (tertiary/aromatic N) is 1. The van der Waals surface area contributed by atoms with Gasteiger partial charge in [0.15, 0.2) is 5.15 Å². The molecule has 13 heavy (non-hydrogen) atoms. The molecule has 0 radical (unpaired) electrons. The van der Waals surface area contributed by atoms with Gasteiger partial charge >= 0.3 is 0 Å². The summed E-state index contributed by atoms with van der Waals surface area (Å²) in [4.78, 5) is 7.20. The van der Waals surface area contributed by atoms with Gasteiger partial charge in [0.05, 0.1) is 11.2 Å². The van der Waals surface area contributed by atoms with Gasteiger partial charge in [-0.25, -0.2) is 4.98 Å². The minimum Gasteiger partial charge on any atom is -0.359 e. The molecule has 2 aromatic heterocycles. The summed E-state index contributed by atoms with van der Waals surface area (Å²) < 4.78 is 0. The lowest BCUT2D eigenvalue weighted by atomic mass is 10.2. The van der Waals surface area contributed by atoms with Crippen LogP contribution >= 0.6 is 11.6 Å². The van der Waals surface area contributed by atoms with Gasteiger partial charge in [-0.1, -0.05) is 11.6 Å². The normalized spacial score (nSPS) is 13.5. The summed E-state index contributed by atoms with van der Waals surface area (Å²) in [7, 11) is 0. The van der Waals surface area contributed by atoms with Crippen molar-refractivity contribution in [2.45, 2.75) is 13.0 Å². The average molecular weight is 196 g/mol. The standard InChI is InChI=1S/C9H10ClN3/c1-5(11)7-4-6-2-3-12-8(6)9(10)13-7/h2-5,12H,11H2,1H3. The summed E-state index contributed by atoms with van der Waals surface area (Å²) >= 11 is 5.95. The highest BCUT2D eigenvalue weighted by atomic mass is 35.5. The molecular formula is C9H10ClN3. The second kappa shape index (κ2) is 3.01. The van der Waals surface area contributed by atoms with E-state index in [4.69, 9.17) is 17.3 Å². The highest BCUT2D eigenvalue weighted by Crippen LogP contribution is 2.22. The van der Waals surface area contributed by atoms with Crippen LogP contribution in [0.25, 0.3) is 10.9 Å². The second-order valence-electron chi connectivity index (χ2n) is 3.07. The van der Waals surface area contributed by atoms with Crippen LogP contribution in [0, 0.1) is 0 Å². The first-order chi connectivity index (χ1) is 6.18. The van der Waals surface area contributed by atoms with Crippen molar-refractivity contribution in [1.29, 1.82) is 0 Å². The molecular weight excluding hydrogens is 186 g/mol. The van der Waals surface area contributed by atoms with Crippen LogP contribution in [0.2, 0.25) is 5.15 Å². The first-order valence-corrected chi connectivity index (χ1v) is 4.45. The molecule has 68 valence electrons. The monoisotopic (exact) mass is 195 g/mol. The smallest absolute Gasteiger partial charge is 0.153 e. The molecule has 0 aliphatic carbocycles. The molecule has 0 aromatic carbocycles. The number of rotatable bonds is 1. The van der Waals surface area contributed by atoms with E-state index in [0.717, 1.165) is 16.6 Å². The number of halogens is 1.